The normalized spacial score (nSPS) is 10.8. The van der Waals surface area contributed by atoms with Crippen molar-refractivity contribution < 1.29 is 4.42 Å². The van der Waals surface area contributed by atoms with E-state index in [9.17, 15) is 0 Å². The second kappa shape index (κ2) is 5.75. The predicted octanol–water partition coefficient (Wildman–Crippen LogP) is 3.19. The van der Waals surface area contributed by atoms with Gasteiger partial charge in [-0.2, -0.15) is 0 Å². The molecule has 2 heterocycles. The zero-order valence-electron chi connectivity index (χ0n) is 9.20. The van der Waals surface area contributed by atoms with Crippen LogP contribution in [0.2, 0.25) is 0 Å². The molecule has 0 aromatic carbocycles. The number of aromatic nitrogens is 2. The molecule has 0 saturated carbocycles. The summed E-state index contributed by atoms with van der Waals surface area (Å²) in [5.41, 5.74) is 0.955. The van der Waals surface area contributed by atoms with Crippen molar-refractivity contribution in [2.75, 3.05) is 0 Å². The van der Waals surface area contributed by atoms with E-state index in [1.807, 2.05) is 13.0 Å². The van der Waals surface area contributed by atoms with E-state index in [0.717, 1.165) is 20.4 Å². The lowest BCUT2D eigenvalue weighted by Crippen LogP contribution is -2.14. The summed E-state index contributed by atoms with van der Waals surface area (Å²) in [6.45, 7) is 3.14. The molecule has 0 aliphatic heterocycles. The van der Waals surface area contributed by atoms with Crippen LogP contribution in [0.5, 0.6) is 0 Å². The van der Waals surface area contributed by atoms with E-state index < -0.39 is 0 Å². The number of oxazole rings is 1. The number of nitrogens with one attached hydrogen (secondary N) is 1. The Hall–Kier alpha value is -0.720. The van der Waals surface area contributed by atoms with Gasteiger partial charge in [0.1, 0.15) is 5.76 Å². The molecule has 0 radical (unpaired) electrons. The second-order valence-corrected chi connectivity index (χ2v) is 5.32. The van der Waals surface area contributed by atoms with Crippen LogP contribution in [0.4, 0.5) is 0 Å². The molecule has 1 N–H and O–H groups in total. The maximum Gasteiger partial charge on any atom is 0.208 e. The Kier molecular flexibility index (Phi) is 4.31. The molecular weight excluding hydrogens is 350 g/mol. The molecule has 0 aliphatic rings. The van der Waals surface area contributed by atoms with Crippen molar-refractivity contribution >= 4 is 31.9 Å². The first-order chi connectivity index (χ1) is 8.15. The van der Waals surface area contributed by atoms with Gasteiger partial charge in [-0.3, -0.25) is 4.98 Å². The monoisotopic (exact) mass is 359 g/mol. The SMILES string of the molecule is Cc1cnc(CNCc2ncc(Br)cc2Br)o1. The summed E-state index contributed by atoms with van der Waals surface area (Å²) >= 11 is 6.83. The number of hydrogen-bond acceptors (Lipinski definition) is 4. The molecule has 0 unspecified atom stereocenters. The van der Waals surface area contributed by atoms with Crippen molar-refractivity contribution in [2.24, 2.45) is 0 Å². The summed E-state index contributed by atoms with van der Waals surface area (Å²) < 4.78 is 7.29. The van der Waals surface area contributed by atoms with Gasteiger partial charge in [-0.15, -0.1) is 0 Å². The summed E-state index contributed by atoms with van der Waals surface area (Å²) in [4.78, 5) is 8.42. The van der Waals surface area contributed by atoms with E-state index in [4.69, 9.17) is 4.42 Å². The first-order valence-corrected chi connectivity index (χ1v) is 6.65. The highest BCUT2D eigenvalue weighted by Gasteiger charge is 2.04. The Labute approximate surface area is 116 Å². The lowest BCUT2D eigenvalue weighted by Gasteiger charge is -2.04. The lowest BCUT2D eigenvalue weighted by molar-refractivity contribution is 0.448. The number of pyridine rings is 1. The molecule has 0 atom stereocenters. The summed E-state index contributed by atoms with van der Waals surface area (Å²) in [5, 5.41) is 3.23. The van der Waals surface area contributed by atoms with E-state index in [-0.39, 0.29) is 0 Å². The highest BCUT2D eigenvalue weighted by atomic mass is 79.9. The minimum absolute atomic E-state index is 0.595. The maximum atomic E-state index is 5.36. The van der Waals surface area contributed by atoms with Crippen molar-refractivity contribution in [1.82, 2.24) is 15.3 Å². The zero-order chi connectivity index (χ0) is 12.3. The van der Waals surface area contributed by atoms with Gasteiger partial charge in [0.15, 0.2) is 0 Å². The van der Waals surface area contributed by atoms with Crippen molar-refractivity contribution in [3.8, 4) is 0 Å². The number of hydrogen-bond donors (Lipinski definition) is 1. The number of nitrogens with zero attached hydrogens (tertiary/aromatic N) is 2. The highest BCUT2D eigenvalue weighted by Crippen LogP contribution is 2.19. The summed E-state index contributed by atoms with van der Waals surface area (Å²) in [6.07, 6.45) is 3.49. The number of halogens is 2. The van der Waals surface area contributed by atoms with Gasteiger partial charge in [0.25, 0.3) is 0 Å². The molecule has 90 valence electrons. The first-order valence-electron chi connectivity index (χ1n) is 5.07. The predicted molar refractivity (Wildman–Crippen MR) is 71.4 cm³/mol. The summed E-state index contributed by atoms with van der Waals surface area (Å²) in [7, 11) is 0. The molecule has 0 bridgehead atoms. The molecule has 0 amide bonds. The van der Waals surface area contributed by atoms with Gasteiger partial charge in [0.05, 0.1) is 18.4 Å². The van der Waals surface area contributed by atoms with Crippen LogP contribution in [-0.2, 0) is 13.1 Å². The highest BCUT2D eigenvalue weighted by molar-refractivity contribution is 9.11. The Bertz CT molecular complexity index is 513. The number of rotatable bonds is 4. The zero-order valence-corrected chi connectivity index (χ0v) is 12.4. The third-order valence-electron chi connectivity index (χ3n) is 2.12. The fraction of sp³-hybridized carbons (Fsp3) is 0.273. The Morgan fingerprint density at radius 3 is 2.71 bits per heavy atom. The number of aryl methyl sites for hydroxylation is 1. The Morgan fingerprint density at radius 2 is 2.06 bits per heavy atom. The molecule has 6 heteroatoms. The van der Waals surface area contributed by atoms with Gasteiger partial charge in [-0.05, 0) is 44.8 Å². The van der Waals surface area contributed by atoms with Gasteiger partial charge in [-0.1, -0.05) is 0 Å². The molecule has 0 saturated heterocycles. The summed E-state index contributed by atoms with van der Waals surface area (Å²) in [5.74, 6) is 1.51. The average Bonchev–Trinajstić information content (AvgIpc) is 2.68. The van der Waals surface area contributed by atoms with Crippen molar-refractivity contribution in [2.45, 2.75) is 20.0 Å². The van der Waals surface area contributed by atoms with Crippen LogP contribution in [0.3, 0.4) is 0 Å². The minimum atomic E-state index is 0.595. The molecule has 17 heavy (non-hydrogen) atoms. The summed E-state index contributed by atoms with van der Waals surface area (Å²) in [6, 6.07) is 1.97. The van der Waals surface area contributed by atoms with Gasteiger partial charge in [0.2, 0.25) is 5.89 Å². The van der Waals surface area contributed by atoms with Crippen LogP contribution in [0, 0.1) is 6.92 Å². The fourth-order valence-electron chi connectivity index (χ4n) is 1.34. The van der Waals surface area contributed by atoms with Crippen molar-refractivity contribution in [3.63, 3.8) is 0 Å². The van der Waals surface area contributed by atoms with E-state index in [1.54, 1.807) is 12.4 Å². The maximum absolute atomic E-state index is 5.36. The molecule has 0 fully saturated rings. The molecule has 4 nitrogen and oxygen atoms in total. The van der Waals surface area contributed by atoms with Crippen LogP contribution in [0.15, 0.2) is 31.8 Å². The molecule has 0 aliphatic carbocycles. The molecule has 2 aromatic heterocycles. The second-order valence-electron chi connectivity index (χ2n) is 3.55. The van der Waals surface area contributed by atoms with Gasteiger partial charge in [-0.25, -0.2) is 4.98 Å². The fourth-order valence-corrected chi connectivity index (χ4v) is 2.47. The van der Waals surface area contributed by atoms with E-state index in [1.165, 1.54) is 0 Å². The topological polar surface area (TPSA) is 51.0 Å². The van der Waals surface area contributed by atoms with Crippen LogP contribution in [0.25, 0.3) is 0 Å². The first kappa shape index (κ1) is 12.7. The third-order valence-corrected chi connectivity index (χ3v) is 3.24. The lowest BCUT2D eigenvalue weighted by atomic mass is 10.3. The van der Waals surface area contributed by atoms with E-state index in [0.29, 0.717) is 19.0 Å². The van der Waals surface area contributed by atoms with Crippen molar-refractivity contribution in [1.29, 1.82) is 0 Å². The van der Waals surface area contributed by atoms with Gasteiger partial charge < -0.3 is 9.73 Å². The Morgan fingerprint density at radius 1 is 1.24 bits per heavy atom. The van der Waals surface area contributed by atoms with Crippen molar-refractivity contribution in [3.05, 3.63) is 44.8 Å². The van der Waals surface area contributed by atoms with Crippen LogP contribution in [-0.4, -0.2) is 9.97 Å². The molecule has 2 aromatic rings. The molecule has 2 rings (SSSR count). The van der Waals surface area contributed by atoms with Crippen LogP contribution < -0.4 is 5.32 Å². The largest absolute Gasteiger partial charge is 0.445 e. The minimum Gasteiger partial charge on any atom is -0.445 e. The smallest absolute Gasteiger partial charge is 0.208 e. The third kappa shape index (κ3) is 3.62. The van der Waals surface area contributed by atoms with E-state index in [2.05, 4.69) is 47.1 Å². The standard InChI is InChI=1S/C11H11Br2N3O/c1-7-3-16-11(17-7)6-14-5-10-9(13)2-8(12)4-15-10/h2-4,14H,5-6H2,1H3. The van der Waals surface area contributed by atoms with Crippen LogP contribution in [0.1, 0.15) is 17.3 Å². The Balaban J connectivity index is 1.90. The quantitative estimate of drug-likeness (QED) is 0.909. The van der Waals surface area contributed by atoms with E-state index >= 15 is 0 Å². The molecular formula is C11H11Br2N3O. The van der Waals surface area contributed by atoms with Gasteiger partial charge >= 0.3 is 0 Å². The van der Waals surface area contributed by atoms with Gasteiger partial charge in [0, 0.05) is 21.7 Å². The molecule has 0 spiro atoms. The average molecular weight is 361 g/mol. The van der Waals surface area contributed by atoms with Crippen LogP contribution >= 0.6 is 31.9 Å².